The van der Waals surface area contributed by atoms with Crippen molar-refractivity contribution in [1.29, 1.82) is 0 Å². The molecule has 24 heavy (non-hydrogen) atoms. The van der Waals surface area contributed by atoms with Crippen LogP contribution >= 0.6 is 0 Å². The topological polar surface area (TPSA) is 66.6 Å². The minimum atomic E-state index is -0.0513. The Morgan fingerprint density at radius 2 is 2.17 bits per heavy atom. The molecule has 3 rings (SSSR count). The molecule has 1 aliphatic heterocycles. The third-order valence-corrected chi connectivity index (χ3v) is 4.53. The van der Waals surface area contributed by atoms with Crippen LogP contribution in [0.15, 0.2) is 18.2 Å². The summed E-state index contributed by atoms with van der Waals surface area (Å²) in [5.74, 6) is 0.742. The van der Waals surface area contributed by atoms with Crippen molar-refractivity contribution >= 4 is 16.8 Å². The Morgan fingerprint density at radius 3 is 2.92 bits per heavy atom. The highest BCUT2D eigenvalue weighted by Gasteiger charge is 2.15. The van der Waals surface area contributed by atoms with Crippen LogP contribution in [0.2, 0.25) is 0 Å². The Balaban J connectivity index is 1.56. The fourth-order valence-corrected chi connectivity index (χ4v) is 3.08. The van der Waals surface area contributed by atoms with Crippen LogP contribution in [0.5, 0.6) is 5.75 Å². The number of nitrogens with zero attached hydrogens (tertiary/aromatic N) is 1. The predicted molar refractivity (Wildman–Crippen MR) is 93.8 cm³/mol. The number of aryl methyl sites for hydroxylation is 1. The Morgan fingerprint density at radius 1 is 1.38 bits per heavy atom. The molecule has 1 fully saturated rings. The minimum absolute atomic E-state index is 0.0513. The lowest BCUT2D eigenvalue weighted by Gasteiger charge is -2.26. The van der Waals surface area contributed by atoms with E-state index in [1.807, 2.05) is 25.1 Å². The van der Waals surface area contributed by atoms with Crippen LogP contribution in [0, 0.1) is 6.92 Å². The lowest BCUT2D eigenvalue weighted by molar-refractivity contribution is 0.0374. The summed E-state index contributed by atoms with van der Waals surface area (Å²) >= 11 is 0. The van der Waals surface area contributed by atoms with Gasteiger partial charge in [0.25, 0.3) is 5.91 Å². The summed E-state index contributed by atoms with van der Waals surface area (Å²) in [4.78, 5) is 18.0. The lowest BCUT2D eigenvalue weighted by Crippen LogP contribution is -2.38. The fraction of sp³-hybridized carbons (Fsp3) is 0.500. The van der Waals surface area contributed by atoms with Crippen LogP contribution in [-0.4, -0.2) is 62.3 Å². The SMILES string of the molecule is COc1ccc2[nH]c(C(=O)NCCCN3CCOCC3)c(C)c2c1. The molecule has 2 N–H and O–H groups in total. The average Bonchev–Trinajstić information content (AvgIpc) is 2.95. The number of hydrogen-bond donors (Lipinski definition) is 2. The number of carbonyl (C=O) groups excluding carboxylic acids is 1. The number of benzene rings is 1. The van der Waals surface area contributed by atoms with E-state index in [4.69, 9.17) is 9.47 Å². The Hall–Kier alpha value is -2.05. The first-order valence-corrected chi connectivity index (χ1v) is 8.43. The van der Waals surface area contributed by atoms with E-state index in [0.717, 1.165) is 61.5 Å². The van der Waals surface area contributed by atoms with Gasteiger partial charge in [0.1, 0.15) is 11.4 Å². The van der Waals surface area contributed by atoms with Gasteiger partial charge in [-0.25, -0.2) is 0 Å². The maximum absolute atomic E-state index is 12.4. The molecule has 1 aromatic heterocycles. The van der Waals surface area contributed by atoms with Crippen LogP contribution in [0.3, 0.4) is 0 Å². The summed E-state index contributed by atoms with van der Waals surface area (Å²) in [5, 5.41) is 4.03. The van der Waals surface area contributed by atoms with E-state index in [2.05, 4.69) is 15.2 Å². The highest BCUT2D eigenvalue weighted by atomic mass is 16.5. The molecule has 2 heterocycles. The van der Waals surface area contributed by atoms with E-state index >= 15 is 0 Å². The fourth-order valence-electron chi connectivity index (χ4n) is 3.08. The molecule has 6 nitrogen and oxygen atoms in total. The molecular weight excluding hydrogens is 306 g/mol. The van der Waals surface area contributed by atoms with Gasteiger partial charge in [-0.05, 0) is 43.7 Å². The molecule has 6 heteroatoms. The number of rotatable bonds is 6. The van der Waals surface area contributed by atoms with Crippen molar-refractivity contribution in [2.75, 3.05) is 46.5 Å². The first kappa shape index (κ1) is 16.8. The van der Waals surface area contributed by atoms with Crippen LogP contribution < -0.4 is 10.1 Å². The molecule has 0 radical (unpaired) electrons. The van der Waals surface area contributed by atoms with Crippen LogP contribution in [0.1, 0.15) is 22.5 Å². The summed E-state index contributed by atoms with van der Waals surface area (Å²) in [7, 11) is 1.64. The van der Waals surface area contributed by atoms with E-state index in [-0.39, 0.29) is 5.91 Å². The maximum atomic E-state index is 12.4. The van der Waals surface area contributed by atoms with Gasteiger partial charge in [0.15, 0.2) is 0 Å². The van der Waals surface area contributed by atoms with Gasteiger partial charge in [0.05, 0.1) is 20.3 Å². The van der Waals surface area contributed by atoms with Crippen molar-refractivity contribution in [3.05, 3.63) is 29.5 Å². The zero-order chi connectivity index (χ0) is 16.9. The highest BCUT2D eigenvalue weighted by molar-refractivity contribution is 6.01. The van der Waals surface area contributed by atoms with E-state index in [1.165, 1.54) is 0 Å². The smallest absolute Gasteiger partial charge is 0.268 e. The summed E-state index contributed by atoms with van der Waals surface area (Å²) in [6, 6.07) is 5.79. The van der Waals surface area contributed by atoms with E-state index in [1.54, 1.807) is 7.11 Å². The van der Waals surface area contributed by atoms with Crippen molar-refractivity contribution in [2.24, 2.45) is 0 Å². The monoisotopic (exact) mass is 331 g/mol. The zero-order valence-corrected chi connectivity index (χ0v) is 14.4. The van der Waals surface area contributed by atoms with Gasteiger partial charge in [0, 0.05) is 30.5 Å². The highest BCUT2D eigenvalue weighted by Crippen LogP contribution is 2.25. The number of hydrogen-bond acceptors (Lipinski definition) is 4. The molecule has 2 aromatic rings. The van der Waals surface area contributed by atoms with Crippen molar-refractivity contribution in [2.45, 2.75) is 13.3 Å². The summed E-state index contributed by atoms with van der Waals surface area (Å²) in [6.45, 7) is 7.21. The van der Waals surface area contributed by atoms with E-state index in [9.17, 15) is 4.79 Å². The largest absolute Gasteiger partial charge is 0.497 e. The average molecular weight is 331 g/mol. The molecule has 0 aliphatic carbocycles. The number of morpholine rings is 1. The third kappa shape index (κ3) is 3.71. The Labute approximate surface area is 142 Å². The maximum Gasteiger partial charge on any atom is 0.268 e. The molecule has 0 spiro atoms. The predicted octanol–water partition coefficient (Wildman–Crippen LogP) is 1.94. The quantitative estimate of drug-likeness (QED) is 0.794. The van der Waals surface area contributed by atoms with Crippen molar-refractivity contribution in [3.63, 3.8) is 0 Å². The second-order valence-corrected chi connectivity index (χ2v) is 6.10. The minimum Gasteiger partial charge on any atom is -0.497 e. The Kier molecular flexibility index (Phi) is 5.37. The Bertz CT molecular complexity index is 705. The number of carbonyl (C=O) groups is 1. The molecular formula is C18H25N3O3. The van der Waals surface area contributed by atoms with Gasteiger partial charge in [-0.1, -0.05) is 0 Å². The van der Waals surface area contributed by atoms with Crippen LogP contribution in [-0.2, 0) is 4.74 Å². The molecule has 0 unspecified atom stereocenters. The molecule has 0 atom stereocenters. The number of ether oxygens (including phenoxy) is 2. The van der Waals surface area contributed by atoms with Gasteiger partial charge in [-0.2, -0.15) is 0 Å². The van der Waals surface area contributed by atoms with Crippen LogP contribution in [0.25, 0.3) is 10.9 Å². The third-order valence-electron chi connectivity index (χ3n) is 4.53. The lowest BCUT2D eigenvalue weighted by atomic mass is 10.1. The van der Waals surface area contributed by atoms with E-state index in [0.29, 0.717) is 12.2 Å². The number of aromatic nitrogens is 1. The summed E-state index contributed by atoms with van der Waals surface area (Å²) in [6.07, 6.45) is 0.943. The van der Waals surface area contributed by atoms with Gasteiger partial charge in [0.2, 0.25) is 0 Å². The molecule has 1 aliphatic rings. The molecule has 1 aromatic carbocycles. The molecule has 1 amide bonds. The summed E-state index contributed by atoms with van der Waals surface area (Å²) in [5.41, 5.74) is 2.53. The first-order valence-electron chi connectivity index (χ1n) is 8.43. The van der Waals surface area contributed by atoms with Gasteiger partial charge < -0.3 is 19.8 Å². The molecule has 0 bridgehead atoms. The second-order valence-electron chi connectivity index (χ2n) is 6.10. The summed E-state index contributed by atoms with van der Waals surface area (Å²) < 4.78 is 10.6. The number of nitrogens with one attached hydrogen (secondary N) is 2. The number of H-pyrrole nitrogens is 1. The van der Waals surface area contributed by atoms with Gasteiger partial charge >= 0.3 is 0 Å². The first-order chi connectivity index (χ1) is 11.7. The molecule has 1 saturated heterocycles. The van der Waals surface area contributed by atoms with Crippen LogP contribution in [0.4, 0.5) is 0 Å². The zero-order valence-electron chi connectivity index (χ0n) is 14.4. The number of aromatic amines is 1. The van der Waals surface area contributed by atoms with Gasteiger partial charge in [-0.3, -0.25) is 9.69 Å². The molecule has 130 valence electrons. The molecule has 0 saturated carbocycles. The van der Waals surface area contributed by atoms with E-state index < -0.39 is 0 Å². The number of methoxy groups -OCH3 is 1. The van der Waals surface area contributed by atoms with Crippen molar-refractivity contribution < 1.29 is 14.3 Å². The number of amides is 1. The van der Waals surface area contributed by atoms with Crippen molar-refractivity contribution in [3.8, 4) is 5.75 Å². The standard InChI is InChI=1S/C18H25N3O3/c1-13-15-12-14(23-2)4-5-16(15)20-17(13)18(22)19-6-3-7-21-8-10-24-11-9-21/h4-5,12,20H,3,6-11H2,1-2H3,(H,19,22). The van der Waals surface area contributed by atoms with Crippen molar-refractivity contribution in [1.82, 2.24) is 15.2 Å². The normalized spacial score (nSPS) is 15.6. The van der Waals surface area contributed by atoms with Gasteiger partial charge in [-0.15, -0.1) is 0 Å². The second kappa shape index (κ2) is 7.68. The number of fused-ring (bicyclic) bond motifs is 1.